The molecule has 0 saturated heterocycles. The molecule has 35 heavy (non-hydrogen) atoms. The molecule has 3 rings (SSSR count). The van der Waals surface area contributed by atoms with E-state index in [1.54, 1.807) is 39.2 Å². The number of carbonyl (C=O) groups excluding carboxylic acids is 3. The summed E-state index contributed by atoms with van der Waals surface area (Å²) in [6.45, 7) is 3.94. The first-order valence-electron chi connectivity index (χ1n) is 11.5. The van der Waals surface area contributed by atoms with E-state index in [-0.39, 0.29) is 26.2 Å². The zero-order valence-electron chi connectivity index (χ0n) is 20.2. The van der Waals surface area contributed by atoms with Crippen LogP contribution in [0.4, 0.5) is 0 Å². The van der Waals surface area contributed by atoms with Crippen LogP contribution in [-0.4, -0.2) is 48.1 Å². The van der Waals surface area contributed by atoms with Gasteiger partial charge in [0.1, 0.15) is 12.2 Å². The van der Waals surface area contributed by atoms with Crippen LogP contribution in [0.2, 0.25) is 0 Å². The van der Waals surface area contributed by atoms with Crippen molar-refractivity contribution >= 4 is 28.7 Å². The van der Waals surface area contributed by atoms with Gasteiger partial charge in [0, 0.05) is 11.9 Å². The first-order valence-corrected chi connectivity index (χ1v) is 11.5. The molecule has 0 bridgehead atoms. The third-order valence-corrected chi connectivity index (χ3v) is 5.44. The molecule has 0 radical (unpaired) electrons. The monoisotopic (exact) mass is 478 g/mol. The third-order valence-electron chi connectivity index (χ3n) is 5.44. The number of nitrogens with zero attached hydrogens (tertiary/aromatic N) is 2. The number of rotatable bonds is 11. The van der Waals surface area contributed by atoms with E-state index in [2.05, 4.69) is 0 Å². The molecule has 2 aromatic carbocycles. The molecule has 0 aliphatic rings. The highest BCUT2D eigenvalue weighted by Gasteiger charge is 2.31. The Bertz CT molecular complexity index is 1160. The van der Waals surface area contributed by atoms with Crippen molar-refractivity contribution in [3.05, 3.63) is 71.9 Å². The Morgan fingerprint density at radius 1 is 0.886 bits per heavy atom. The van der Waals surface area contributed by atoms with Crippen LogP contribution in [0.15, 0.2) is 60.7 Å². The molecule has 8 nitrogen and oxygen atoms in total. The van der Waals surface area contributed by atoms with Crippen molar-refractivity contribution in [1.82, 2.24) is 9.88 Å². The molecule has 0 N–H and O–H groups in total. The first-order chi connectivity index (χ1) is 16.9. The van der Waals surface area contributed by atoms with E-state index in [0.29, 0.717) is 11.4 Å². The van der Waals surface area contributed by atoms with Gasteiger partial charge in [0.05, 0.1) is 44.0 Å². The van der Waals surface area contributed by atoms with E-state index in [0.717, 1.165) is 16.5 Å². The Hall–Kier alpha value is -3.94. The SMILES string of the molecule is CCOC(=O)CC(=O)N(Cc1ccc(OC)cc1)C(CC(=O)OCC)c1ccc2ccccc2n1. The smallest absolute Gasteiger partial charge is 0.315 e. The number of hydrogen-bond donors (Lipinski definition) is 0. The van der Waals surface area contributed by atoms with Crippen LogP contribution >= 0.6 is 0 Å². The Balaban J connectivity index is 2.03. The van der Waals surface area contributed by atoms with Crippen molar-refractivity contribution in [2.24, 2.45) is 0 Å². The second-order valence-electron chi connectivity index (χ2n) is 7.81. The number of pyridine rings is 1. The first kappa shape index (κ1) is 25.7. The molecular formula is C27H30N2O6. The van der Waals surface area contributed by atoms with Crippen molar-refractivity contribution in [2.45, 2.75) is 39.3 Å². The summed E-state index contributed by atoms with van der Waals surface area (Å²) in [6.07, 6.45) is -0.555. The lowest BCUT2D eigenvalue weighted by molar-refractivity contribution is -0.150. The Morgan fingerprint density at radius 3 is 2.26 bits per heavy atom. The highest BCUT2D eigenvalue weighted by Crippen LogP contribution is 2.29. The van der Waals surface area contributed by atoms with Gasteiger partial charge in [-0.15, -0.1) is 0 Å². The standard InChI is InChI=1S/C27H30N2O6/c1-4-34-26(31)16-24(23-15-12-20-8-6-7-9-22(20)28-23)29(25(30)17-27(32)35-5-2)18-19-10-13-21(33-3)14-11-19/h6-15,24H,4-5,16-18H2,1-3H3. The quantitative estimate of drug-likeness (QED) is 0.301. The van der Waals surface area contributed by atoms with Gasteiger partial charge in [-0.2, -0.15) is 0 Å². The van der Waals surface area contributed by atoms with Gasteiger partial charge in [-0.1, -0.05) is 36.4 Å². The molecule has 0 saturated carbocycles. The summed E-state index contributed by atoms with van der Waals surface area (Å²) in [5, 5.41) is 0.936. The molecule has 1 atom stereocenters. The highest BCUT2D eigenvalue weighted by molar-refractivity contribution is 5.94. The molecule has 3 aromatic rings. The number of carbonyl (C=O) groups is 3. The average molecular weight is 479 g/mol. The number of aromatic nitrogens is 1. The summed E-state index contributed by atoms with van der Waals surface area (Å²) in [5.74, 6) is -0.879. The molecular weight excluding hydrogens is 448 g/mol. The number of methoxy groups -OCH3 is 1. The number of amides is 1. The lowest BCUT2D eigenvalue weighted by Crippen LogP contribution is -2.37. The van der Waals surface area contributed by atoms with E-state index in [1.807, 2.05) is 42.5 Å². The van der Waals surface area contributed by atoms with Gasteiger partial charge in [-0.05, 0) is 43.7 Å². The van der Waals surface area contributed by atoms with E-state index in [9.17, 15) is 14.4 Å². The van der Waals surface area contributed by atoms with E-state index in [4.69, 9.17) is 19.2 Å². The van der Waals surface area contributed by atoms with Gasteiger partial charge in [-0.3, -0.25) is 19.4 Å². The van der Waals surface area contributed by atoms with Crippen LogP contribution in [0.25, 0.3) is 10.9 Å². The lowest BCUT2D eigenvalue weighted by Gasteiger charge is -2.31. The zero-order chi connectivity index (χ0) is 25.2. The largest absolute Gasteiger partial charge is 0.497 e. The minimum atomic E-state index is -0.748. The fourth-order valence-electron chi connectivity index (χ4n) is 3.76. The predicted molar refractivity (Wildman–Crippen MR) is 131 cm³/mol. The van der Waals surface area contributed by atoms with Crippen LogP contribution < -0.4 is 4.74 Å². The van der Waals surface area contributed by atoms with E-state index >= 15 is 0 Å². The van der Waals surface area contributed by atoms with Crippen molar-refractivity contribution in [2.75, 3.05) is 20.3 Å². The minimum absolute atomic E-state index is 0.107. The van der Waals surface area contributed by atoms with Crippen LogP contribution in [0.5, 0.6) is 5.75 Å². The summed E-state index contributed by atoms with van der Waals surface area (Å²) in [7, 11) is 1.57. The number of hydrogen-bond acceptors (Lipinski definition) is 7. The van der Waals surface area contributed by atoms with Gasteiger partial charge < -0.3 is 19.1 Å². The summed E-state index contributed by atoms with van der Waals surface area (Å²) < 4.78 is 15.4. The van der Waals surface area contributed by atoms with Crippen LogP contribution in [-0.2, 0) is 30.4 Å². The molecule has 8 heteroatoms. The predicted octanol–water partition coefficient (Wildman–Crippen LogP) is 4.22. The molecule has 184 valence electrons. The Kier molecular flexibility index (Phi) is 9.17. The van der Waals surface area contributed by atoms with Crippen molar-refractivity contribution in [1.29, 1.82) is 0 Å². The van der Waals surface area contributed by atoms with Crippen LogP contribution in [0.1, 0.15) is 44.0 Å². The van der Waals surface area contributed by atoms with Gasteiger partial charge >= 0.3 is 11.9 Å². The number of esters is 2. The topological polar surface area (TPSA) is 95.0 Å². The fourth-order valence-corrected chi connectivity index (χ4v) is 3.76. The van der Waals surface area contributed by atoms with Gasteiger partial charge in [0.25, 0.3) is 0 Å². The van der Waals surface area contributed by atoms with Crippen molar-refractivity contribution < 1.29 is 28.6 Å². The number of ether oxygens (including phenoxy) is 3. The summed E-state index contributed by atoms with van der Waals surface area (Å²) >= 11 is 0. The molecule has 1 amide bonds. The fraction of sp³-hybridized carbons (Fsp3) is 0.333. The minimum Gasteiger partial charge on any atom is -0.497 e. The van der Waals surface area contributed by atoms with Crippen LogP contribution in [0.3, 0.4) is 0 Å². The lowest BCUT2D eigenvalue weighted by atomic mass is 10.0. The third kappa shape index (κ3) is 7.02. The van der Waals surface area contributed by atoms with Gasteiger partial charge in [0.15, 0.2) is 0 Å². The number of benzene rings is 2. The van der Waals surface area contributed by atoms with Gasteiger partial charge in [-0.25, -0.2) is 0 Å². The highest BCUT2D eigenvalue weighted by atomic mass is 16.5. The second-order valence-corrected chi connectivity index (χ2v) is 7.81. The number of fused-ring (bicyclic) bond motifs is 1. The van der Waals surface area contributed by atoms with Crippen molar-refractivity contribution in [3.63, 3.8) is 0 Å². The van der Waals surface area contributed by atoms with Crippen molar-refractivity contribution in [3.8, 4) is 5.75 Å². The molecule has 0 aliphatic heterocycles. The molecule has 1 unspecified atom stereocenters. The summed E-state index contributed by atoms with van der Waals surface area (Å²) in [6, 6.07) is 17.8. The Labute approximate surface area is 204 Å². The van der Waals surface area contributed by atoms with E-state index in [1.165, 1.54) is 4.90 Å². The maximum Gasteiger partial charge on any atom is 0.315 e. The average Bonchev–Trinajstić information content (AvgIpc) is 2.86. The molecule has 0 aliphatic carbocycles. The molecule has 0 fully saturated rings. The van der Waals surface area contributed by atoms with Gasteiger partial charge in [0.2, 0.25) is 5.91 Å². The second kappa shape index (κ2) is 12.5. The summed E-state index contributed by atoms with van der Waals surface area (Å²) in [4.78, 5) is 44.4. The maximum atomic E-state index is 13.4. The normalized spacial score (nSPS) is 11.5. The summed E-state index contributed by atoms with van der Waals surface area (Å²) in [5.41, 5.74) is 2.07. The maximum absolute atomic E-state index is 13.4. The molecule has 1 aromatic heterocycles. The molecule has 1 heterocycles. The van der Waals surface area contributed by atoms with E-state index < -0.39 is 30.3 Å². The molecule has 0 spiro atoms. The Morgan fingerprint density at radius 2 is 1.57 bits per heavy atom. The zero-order valence-corrected chi connectivity index (χ0v) is 20.2. The number of para-hydroxylation sites is 1. The van der Waals surface area contributed by atoms with Crippen LogP contribution in [0, 0.1) is 0 Å².